The van der Waals surface area contributed by atoms with Gasteiger partial charge in [0, 0.05) is 49.1 Å². The number of aliphatic hydroxyl groups is 1. The van der Waals surface area contributed by atoms with Crippen LogP contribution in [0.15, 0.2) is 37.2 Å². The molecule has 1 fully saturated rings. The van der Waals surface area contributed by atoms with Gasteiger partial charge in [0.2, 0.25) is 0 Å². The van der Waals surface area contributed by atoms with Crippen LogP contribution in [0.4, 0.5) is 5.69 Å². The van der Waals surface area contributed by atoms with Crippen molar-refractivity contribution >= 4 is 5.69 Å². The molecule has 1 aliphatic heterocycles. The molecule has 5 nitrogen and oxygen atoms in total. The molecule has 100 valence electrons. The molecule has 0 aliphatic carbocycles. The fourth-order valence-electron chi connectivity index (χ4n) is 2.75. The van der Waals surface area contributed by atoms with Gasteiger partial charge in [-0.3, -0.25) is 4.98 Å². The highest BCUT2D eigenvalue weighted by Crippen LogP contribution is 2.28. The molecule has 0 unspecified atom stereocenters. The van der Waals surface area contributed by atoms with Crippen LogP contribution in [0, 0.1) is 0 Å². The number of hydrogen-bond donors (Lipinski definition) is 1. The molecule has 0 bridgehead atoms. The first kappa shape index (κ1) is 12.2. The molecule has 3 rings (SSSR count). The first-order chi connectivity index (χ1) is 9.38. The summed E-state index contributed by atoms with van der Waals surface area (Å²) in [7, 11) is 0. The normalized spacial score (nSPS) is 19.6. The van der Waals surface area contributed by atoms with Gasteiger partial charge in [-0.15, -0.1) is 0 Å². The maximum atomic E-state index is 9.42. The zero-order chi connectivity index (χ0) is 13.1. The SMILES string of the molecule is OCc1cnccc1N1CCC[C@H](n2ccnc2)C1. The number of rotatable bonds is 3. The van der Waals surface area contributed by atoms with Gasteiger partial charge < -0.3 is 14.6 Å². The summed E-state index contributed by atoms with van der Waals surface area (Å²) < 4.78 is 2.17. The zero-order valence-corrected chi connectivity index (χ0v) is 10.8. The number of anilines is 1. The van der Waals surface area contributed by atoms with Gasteiger partial charge in [0.1, 0.15) is 0 Å². The van der Waals surface area contributed by atoms with E-state index in [1.54, 1.807) is 12.4 Å². The van der Waals surface area contributed by atoms with E-state index in [0.717, 1.165) is 30.8 Å². The minimum atomic E-state index is 0.0371. The molecule has 0 radical (unpaired) electrons. The Hall–Kier alpha value is -1.88. The van der Waals surface area contributed by atoms with Gasteiger partial charge in [0.05, 0.1) is 19.0 Å². The molecule has 19 heavy (non-hydrogen) atoms. The second kappa shape index (κ2) is 5.40. The Bertz CT molecular complexity index is 526. The third-order valence-corrected chi connectivity index (χ3v) is 3.73. The Morgan fingerprint density at radius 2 is 2.26 bits per heavy atom. The summed E-state index contributed by atoms with van der Waals surface area (Å²) in [5, 5.41) is 9.42. The molecule has 0 amide bonds. The van der Waals surface area contributed by atoms with Crippen LogP contribution in [0.2, 0.25) is 0 Å². The molecule has 3 heterocycles. The highest BCUT2D eigenvalue weighted by molar-refractivity contribution is 5.52. The van der Waals surface area contributed by atoms with Crippen molar-refractivity contribution in [3.05, 3.63) is 42.7 Å². The Labute approximate surface area is 112 Å². The molecular formula is C14H18N4O. The summed E-state index contributed by atoms with van der Waals surface area (Å²) in [5.41, 5.74) is 2.00. The smallest absolute Gasteiger partial charge is 0.0949 e. The fourth-order valence-corrected chi connectivity index (χ4v) is 2.75. The lowest BCUT2D eigenvalue weighted by molar-refractivity contribution is 0.281. The average molecular weight is 258 g/mol. The van der Waals surface area contributed by atoms with Gasteiger partial charge in [-0.05, 0) is 18.9 Å². The van der Waals surface area contributed by atoms with E-state index in [1.807, 2.05) is 24.8 Å². The van der Waals surface area contributed by atoms with E-state index in [0.29, 0.717) is 6.04 Å². The van der Waals surface area contributed by atoms with Gasteiger partial charge in [0.25, 0.3) is 0 Å². The lowest BCUT2D eigenvalue weighted by Crippen LogP contribution is -2.36. The Morgan fingerprint density at radius 3 is 3.05 bits per heavy atom. The summed E-state index contributed by atoms with van der Waals surface area (Å²) in [6.07, 6.45) is 11.6. The molecule has 0 saturated carbocycles. The standard InChI is InChI=1S/C14H18N4O/c19-10-12-8-15-4-3-14(12)17-6-1-2-13(9-17)18-7-5-16-11-18/h3-5,7-8,11,13,19H,1-2,6,9-10H2/t13-/m0/s1. The largest absolute Gasteiger partial charge is 0.392 e. The first-order valence-electron chi connectivity index (χ1n) is 6.64. The van der Waals surface area contributed by atoms with Crippen molar-refractivity contribution in [1.29, 1.82) is 0 Å². The predicted octanol–water partition coefficient (Wildman–Crippen LogP) is 1.61. The summed E-state index contributed by atoms with van der Waals surface area (Å²) in [6, 6.07) is 2.44. The van der Waals surface area contributed by atoms with E-state index in [2.05, 4.69) is 19.4 Å². The third kappa shape index (κ3) is 2.46. The van der Waals surface area contributed by atoms with Crippen molar-refractivity contribution < 1.29 is 5.11 Å². The fraction of sp³-hybridized carbons (Fsp3) is 0.429. The molecule has 1 N–H and O–H groups in total. The topological polar surface area (TPSA) is 54.2 Å². The maximum Gasteiger partial charge on any atom is 0.0949 e. The van der Waals surface area contributed by atoms with Gasteiger partial charge in [-0.1, -0.05) is 0 Å². The molecule has 2 aromatic rings. The van der Waals surface area contributed by atoms with Gasteiger partial charge in [-0.2, -0.15) is 0 Å². The van der Waals surface area contributed by atoms with Crippen molar-refractivity contribution in [2.24, 2.45) is 0 Å². The summed E-state index contributed by atoms with van der Waals surface area (Å²) in [4.78, 5) is 10.5. The summed E-state index contributed by atoms with van der Waals surface area (Å²) >= 11 is 0. The Morgan fingerprint density at radius 1 is 1.32 bits per heavy atom. The minimum Gasteiger partial charge on any atom is -0.392 e. The van der Waals surface area contributed by atoms with Crippen LogP contribution in [0.3, 0.4) is 0 Å². The van der Waals surface area contributed by atoms with Crippen LogP contribution >= 0.6 is 0 Å². The van der Waals surface area contributed by atoms with E-state index in [-0.39, 0.29) is 6.61 Å². The predicted molar refractivity (Wildman–Crippen MR) is 72.9 cm³/mol. The minimum absolute atomic E-state index is 0.0371. The van der Waals surface area contributed by atoms with Crippen molar-refractivity contribution in [3.8, 4) is 0 Å². The highest BCUT2D eigenvalue weighted by atomic mass is 16.3. The average Bonchev–Trinajstić information content (AvgIpc) is 3.01. The van der Waals surface area contributed by atoms with Crippen molar-refractivity contribution in [1.82, 2.24) is 14.5 Å². The molecule has 1 aliphatic rings. The second-order valence-corrected chi connectivity index (χ2v) is 4.91. The Balaban J connectivity index is 1.81. The number of piperidine rings is 1. The van der Waals surface area contributed by atoms with Crippen LogP contribution in [-0.2, 0) is 6.61 Å². The van der Waals surface area contributed by atoms with E-state index in [4.69, 9.17) is 0 Å². The monoisotopic (exact) mass is 258 g/mol. The molecule has 0 aromatic carbocycles. The molecule has 1 saturated heterocycles. The van der Waals surface area contributed by atoms with Crippen LogP contribution < -0.4 is 4.90 Å². The van der Waals surface area contributed by atoms with Gasteiger partial charge in [-0.25, -0.2) is 4.98 Å². The highest BCUT2D eigenvalue weighted by Gasteiger charge is 2.22. The maximum absolute atomic E-state index is 9.42. The molecular weight excluding hydrogens is 240 g/mol. The van der Waals surface area contributed by atoms with Gasteiger partial charge >= 0.3 is 0 Å². The quantitative estimate of drug-likeness (QED) is 0.908. The van der Waals surface area contributed by atoms with E-state index < -0.39 is 0 Å². The molecule has 2 aromatic heterocycles. The summed E-state index contributed by atoms with van der Waals surface area (Å²) in [6.45, 7) is 2.02. The van der Waals surface area contributed by atoms with Crippen LogP contribution in [0.25, 0.3) is 0 Å². The third-order valence-electron chi connectivity index (χ3n) is 3.73. The molecule has 5 heteroatoms. The zero-order valence-electron chi connectivity index (χ0n) is 10.8. The van der Waals surface area contributed by atoms with Crippen LogP contribution in [0.1, 0.15) is 24.4 Å². The van der Waals surface area contributed by atoms with E-state index in [1.165, 1.54) is 6.42 Å². The Kier molecular flexibility index (Phi) is 3.46. The number of nitrogens with zero attached hydrogens (tertiary/aromatic N) is 4. The van der Waals surface area contributed by atoms with E-state index in [9.17, 15) is 5.11 Å². The number of imidazole rings is 1. The number of hydrogen-bond acceptors (Lipinski definition) is 4. The lowest BCUT2D eigenvalue weighted by Gasteiger charge is -2.35. The van der Waals surface area contributed by atoms with E-state index >= 15 is 0 Å². The number of pyridine rings is 1. The van der Waals surface area contributed by atoms with Crippen molar-refractivity contribution in [2.75, 3.05) is 18.0 Å². The van der Waals surface area contributed by atoms with Crippen LogP contribution in [-0.4, -0.2) is 32.7 Å². The van der Waals surface area contributed by atoms with Crippen molar-refractivity contribution in [3.63, 3.8) is 0 Å². The number of aliphatic hydroxyl groups excluding tert-OH is 1. The van der Waals surface area contributed by atoms with Crippen molar-refractivity contribution in [2.45, 2.75) is 25.5 Å². The molecule has 0 spiro atoms. The molecule has 1 atom stereocenters. The summed E-state index contributed by atoms with van der Waals surface area (Å²) in [5.74, 6) is 0. The van der Waals surface area contributed by atoms with Gasteiger partial charge in [0.15, 0.2) is 0 Å². The lowest BCUT2D eigenvalue weighted by atomic mass is 10.0. The second-order valence-electron chi connectivity index (χ2n) is 4.91. The number of aromatic nitrogens is 3. The first-order valence-corrected chi connectivity index (χ1v) is 6.64. The van der Waals surface area contributed by atoms with Crippen LogP contribution in [0.5, 0.6) is 0 Å².